The van der Waals surface area contributed by atoms with Gasteiger partial charge in [0.15, 0.2) is 0 Å². The Bertz CT molecular complexity index is 2610. The smallest absolute Gasteiger partial charge is 0.373 e. The van der Waals surface area contributed by atoms with Crippen LogP contribution in [0, 0.1) is 27.7 Å². The van der Waals surface area contributed by atoms with Gasteiger partial charge in [0, 0.05) is 35.1 Å². The van der Waals surface area contributed by atoms with Crippen molar-refractivity contribution in [2.45, 2.75) is 97.7 Å². The Morgan fingerprint density at radius 2 is 0.937 bits per heavy atom. The van der Waals surface area contributed by atoms with Crippen molar-refractivity contribution in [2.75, 3.05) is 13.2 Å². The number of hydrogen-bond donors (Lipinski definition) is 0. The predicted molar refractivity (Wildman–Crippen MR) is 241 cm³/mol. The first-order valence-corrected chi connectivity index (χ1v) is 21.8. The third kappa shape index (κ3) is 9.69. The zero-order valence-corrected chi connectivity index (χ0v) is 36.9. The van der Waals surface area contributed by atoms with Gasteiger partial charge in [-0.3, -0.25) is 0 Å². The Hall–Kier alpha value is -6.72. The maximum absolute atomic E-state index is 8.12. The molecule has 0 fully saturated rings. The molecule has 4 atom stereocenters. The maximum atomic E-state index is 8.12. The van der Waals surface area contributed by atoms with E-state index in [1.165, 1.54) is 77.9 Å². The second-order valence-corrected chi connectivity index (χ2v) is 16.9. The number of benzene rings is 6. The fourth-order valence-corrected chi connectivity index (χ4v) is 9.53. The van der Waals surface area contributed by atoms with Gasteiger partial charge in [0.05, 0.1) is 13.2 Å². The van der Waals surface area contributed by atoms with Crippen LogP contribution in [0.4, 0.5) is 0 Å². The number of rotatable bonds is 5. The van der Waals surface area contributed by atoms with Crippen LogP contribution < -0.4 is 18.9 Å². The van der Waals surface area contributed by atoms with E-state index in [-0.39, 0.29) is 24.5 Å². The molecule has 0 aromatic heterocycles. The molecule has 6 aromatic rings. The quantitative estimate of drug-likeness (QED) is 0.169. The molecular weight excluding hydrogens is 789 g/mol. The number of carbonyl (C=O) groups excluding carboxylic acids is 4. The van der Waals surface area contributed by atoms with Crippen LogP contribution in [0.15, 0.2) is 109 Å². The first kappa shape index (κ1) is 44.3. The highest BCUT2D eigenvalue weighted by molar-refractivity contribution is 5.72. The molecule has 0 N–H and O–H groups in total. The molecule has 0 bridgehead atoms. The fraction of sp³-hybridized carbons (Fsp3) is 0.309. The van der Waals surface area contributed by atoms with E-state index in [1.54, 1.807) is 0 Å². The molecule has 0 aliphatic carbocycles. The Morgan fingerprint density at radius 3 is 1.40 bits per heavy atom. The zero-order valence-electron chi connectivity index (χ0n) is 36.9. The summed E-state index contributed by atoms with van der Waals surface area (Å²) in [4.78, 5) is 32.5. The molecule has 8 nitrogen and oxygen atoms in total. The third-order valence-corrected chi connectivity index (χ3v) is 12.7. The lowest BCUT2D eigenvalue weighted by atomic mass is 9.90. The van der Waals surface area contributed by atoms with Crippen molar-refractivity contribution in [3.63, 3.8) is 0 Å². The molecule has 322 valence electrons. The molecule has 6 aromatic carbocycles. The second-order valence-electron chi connectivity index (χ2n) is 16.9. The topological polar surface area (TPSA) is 105 Å². The molecule has 2 unspecified atom stereocenters. The van der Waals surface area contributed by atoms with Crippen molar-refractivity contribution < 1.29 is 38.1 Å². The average molecular weight is 843 g/mol. The summed E-state index contributed by atoms with van der Waals surface area (Å²) >= 11 is 0. The Kier molecular flexibility index (Phi) is 14.1. The normalized spacial score (nSPS) is 18.3. The van der Waals surface area contributed by atoms with Crippen molar-refractivity contribution in [3.8, 4) is 45.3 Å². The van der Waals surface area contributed by atoms with Crippen LogP contribution in [0.5, 0.6) is 23.0 Å². The van der Waals surface area contributed by atoms with E-state index in [4.69, 9.17) is 38.1 Å². The second kappa shape index (κ2) is 20.0. The van der Waals surface area contributed by atoms with Crippen LogP contribution >= 0.6 is 0 Å². The van der Waals surface area contributed by atoms with E-state index in [0.717, 1.165) is 68.3 Å². The van der Waals surface area contributed by atoms with Gasteiger partial charge in [-0.05, 0) is 151 Å². The van der Waals surface area contributed by atoms with Gasteiger partial charge in [-0.15, -0.1) is 0 Å². The van der Waals surface area contributed by atoms with Crippen molar-refractivity contribution in [2.24, 2.45) is 0 Å². The first-order chi connectivity index (χ1) is 30.6. The molecule has 63 heavy (non-hydrogen) atoms. The summed E-state index contributed by atoms with van der Waals surface area (Å²) in [7, 11) is 0. The van der Waals surface area contributed by atoms with E-state index in [9.17, 15) is 0 Å². The van der Waals surface area contributed by atoms with Gasteiger partial charge in [0.1, 0.15) is 35.2 Å². The minimum atomic E-state index is 0.0909. The van der Waals surface area contributed by atoms with Gasteiger partial charge in [-0.25, -0.2) is 0 Å². The molecule has 0 spiro atoms. The monoisotopic (exact) mass is 842 g/mol. The third-order valence-electron chi connectivity index (χ3n) is 12.7. The van der Waals surface area contributed by atoms with Gasteiger partial charge in [0.2, 0.25) is 0 Å². The van der Waals surface area contributed by atoms with Crippen molar-refractivity contribution in [1.82, 2.24) is 0 Å². The van der Waals surface area contributed by atoms with Crippen LogP contribution in [0.2, 0.25) is 0 Å². The minimum absolute atomic E-state index is 0.0909. The van der Waals surface area contributed by atoms with Gasteiger partial charge >= 0.3 is 12.3 Å². The van der Waals surface area contributed by atoms with Gasteiger partial charge in [-0.2, -0.15) is 19.2 Å². The highest BCUT2D eigenvalue weighted by Gasteiger charge is 2.30. The summed E-state index contributed by atoms with van der Waals surface area (Å²) in [6.07, 6.45) is 5.93. The highest BCUT2D eigenvalue weighted by Crippen LogP contribution is 2.46. The van der Waals surface area contributed by atoms with Crippen LogP contribution in [0.3, 0.4) is 0 Å². The number of fused-ring (bicyclic) bond motifs is 4. The largest absolute Gasteiger partial charge is 0.493 e. The van der Waals surface area contributed by atoms with Gasteiger partial charge in [0.25, 0.3) is 0 Å². The van der Waals surface area contributed by atoms with E-state index in [2.05, 4.69) is 151 Å². The first-order valence-electron chi connectivity index (χ1n) is 21.8. The molecule has 4 heterocycles. The molecule has 0 amide bonds. The summed E-state index contributed by atoms with van der Waals surface area (Å²) in [5.74, 6) is 5.00. The molecule has 0 saturated carbocycles. The van der Waals surface area contributed by atoms with Crippen molar-refractivity contribution in [1.29, 1.82) is 0 Å². The van der Waals surface area contributed by atoms with E-state index in [0.29, 0.717) is 11.8 Å². The summed E-state index contributed by atoms with van der Waals surface area (Å²) in [6, 6.07) is 39.6. The molecule has 4 aliphatic heterocycles. The lowest BCUT2D eigenvalue weighted by Gasteiger charge is -2.27. The minimum Gasteiger partial charge on any atom is -0.493 e. The van der Waals surface area contributed by atoms with E-state index >= 15 is 0 Å². The summed E-state index contributed by atoms with van der Waals surface area (Å²) in [5, 5.41) is 0. The van der Waals surface area contributed by atoms with Gasteiger partial charge < -0.3 is 18.9 Å². The fourth-order valence-electron chi connectivity index (χ4n) is 9.53. The van der Waals surface area contributed by atoms with E-state index in [1.807, 2.05) is 0 Å². The molecular formula is C55H54O8. The summed E-state index contributed by atoms with van der Waals surface area (Å²) < 4.78 is 24.7. The molecule has 8 heteroatoms. The van der Waals surface area contributed by atoms with Crippen molar-refractivity contribution >= 4 is 12.3 Å². The van der Waals surface area contributed by atoms with Crippen LogP contribution in [-0.2, 0) is 32.0 Å². The van der Waals surface area contributed by atoms with Gasteiger partial charge in [-0.1, -0.05) is 86.6 Å². The van der Waals surface area contributed by atoms with E-state index < -0.39 is 0 Å². The Labute approximate surface area is 370 Å². The van der Waals surface area contributed by atoms with Crippen LogP contribution in [0.25, 0.3) is 22.3 Å². The summed E-state index contributed by atoms with van der Waals surface area (Å²) in [6.45, 7) is 14.8. The standard InChI is InChI=1S/C27H28O2.C26H26O2.2CO2/c1-4-19-16-28-26-15-25-21(14-23(19)26)11-12-24(29-25)20-9-6-10-22(13-20)27-17(2)7-5-8-18(27)3;1-16-6-4-7-17(2)26(16)21-9-5-8-19(12-21)23-11-10-20-13-22-18(3)15-27-25(22)14-24(20)28-23;2*2-1-3/h5-10,13-15,19,24H,4,11-12,16H2,1-3H3;4-9,12-14,18,23H,10-11,15H2,1-3H3;;/t19-,24?;18-,23?;;/m11../s1. The molecule has 0 radical (unpaired) electrons. The Balaban J connectivity index is 0.000000168. The van der Waals surface area contributed by atoms with Crippen LogP contribution in [-0.4, -0.2) is 25.5 Å². The van der Waals surface area contributed by atoms with Crippen molar-refractivity contribution in [3.05, 3.63) is 165 Å². The average Bonchev–Trinajstić information content (AvgIpc) is 3.86. The molecule has 10 rings (SSSR count). The molecule has 0 saturated heterocycles. The maximum Gasteiger partial charge on any atom is 0.373 e. The number of ether oxygens (including phenoxy) is 4. The Morgan fingerprint density at radius 1 is 0.524 bits per heavy atom. The lowest BCUT2D eigenvalue weighted by molar-refractivity contribution is -0.193. The predicted octanol–water partition coefficient (Wildman–Crippen LogP) is 12.3. The summed E-state index contributed by atoms with van der Waals surface area (Å²) in [5.41, 5.74) is 18.3. The number of hydrogen-bond acceptors (Lipinski definition) is 8. The SMILES string of the molecule is CC[C@@H]1COc2cc3c(cc21)CCC(c1cccc(-c2c(C)cccc2C)c1)O3.Cc1cccc(C)c1-c1cccc(C2CCc3cc4c(cc3O2)OC[C@H]4C)c1.O=C=O.O=C=O. The lowest BCUT2D eigenvalue weighted by Crippen LogP contribution is -2.15. The zero-order chi connectivity index (χ0) is 44.6. The number of aryl methyl sites for hydroxylation is 6. The highest BCUT2D eigenvalue weighted by atomic mass is 16.5. The van der Waals surface area contributed by atoms with Crippen LogP contribution in [0.1, 0.15) is 113 Å². The molecule has 4 aliphatic rings.